The number of benzene rings is 1. The molecule has 1 aliphatic rings. The Morgan fingerprint density at radius 2 is 2.29 bits per heavy atom. The molecule has 116 valence electrons. The van der Waals surface area contributed by atoms with Gasteiger partial charge in [-0.2, -0.15) is 0 Å². The number of carbonyl (C=O) groups is 1. The number of methoxy groups -OCH3 is 1. The van der Waals surface area contributed by atoms with Crippen LogP contribution in [0.1, 0.15) is 37.7 Å². The Morgan fingerprint density at radius 3 is 2.95 bits per heavy atom. The minimum Gasteiger partial charge on any atom is -0.495 e. The van der Waals surface area contributed by atoms with E-state index >= 15 is 0 Å². The zero-order valence-corrected chi connectivity index (χ0v) is 13.1. The fraction of sp³-hybridized carbons (Fsp3) is 0.562. The predicted molar refractivity (Wildman–Crippen MR) is 82.9 cm³/mol. The molecular formula is C16H22ClNO3. The van der Waals surface area contributed by atoms with Crippen LogP contribution in [0.25, 0.3) is 0 Å². The number of likely N-dealkylation sites (tertiary alicyclic amines) is 1. The Kier molecular flexibility index (Phi) is 5.88. The lowest BCUT2D eigenvalue weighted by Crippen LogP contribution is -2.39. The first-order valence-corrected chi connectivity index (χ1v) is 7.76. The Morgan fingerprint density at radius 1 is 1.48 bits per heavy atom. The smallest absolute Gasteiger partial charge is 0.303 e. The van der Waals surface area contributed by atoms with Crippen molar-refractivity contribution in [1.82, 2.24) is 4.90 Å². The van der Waals surface area contributed by atoms with Gasteiger partial charge in [-0.05, 0) is 43.5 Å². The number of rotatable bonds is 6. The minimum absolute atomic E-state index is 0.241. The van der Waals surface area contributed by atoms with Crippen LogP contribution in [0.4, 0.5) is 0 Å². The van der Waals surface area contributed by atoms with Crippen LogP contribution in [-0.2, 0) is 11.3 Å². The fourth-order valence-electron chi connectivity index (χ4n) is 2.93. The number of hydrogen-bond acceptors (Lipinski definition) is 3. The van der Waals surface area contributed by atoms with E-state index in [9.17, 15) is 4.79 Å². The third-order valence-electron chi connectivity index (χ3n) is 4.04. The van der Waals surface area contributed by atoms with Crippen LogP contribution in [0.2, 0.25) is 5.02 Å². The Balaban J connectivity index is 2.01. The summed E-state index contributed by atoms with van der Waals surface area (Å²) in [5.41, 5.74) is 1.14. The molecule has 0 radical (unpaired) electrons. The monoisotopic (exact) mass is 311 g/mol. The molecule has 1 fully saturated rings. The van der Waals surface area contributed by atoms with E-state index in [-0.39, 0.29) is 6.42 Å². The minimum atomic E-state index is -0.715. The molecule has 0 aromatic heterocycles. The van der Waals surface area contributed by atoms with Crippen molar-refractivity contribution in [1.29, 1.82) is 0 Å². The Bertz CT molecular complexity index is 492. The molecule has 0 bridgehead atoms. The van der Waals surface area contributed by atoms with Gasteiger partial charge in [-0.15, -0.1) is 0 Å². The highest BCUT2D eigenvalue weighted by Gasteiger charge is 2.23. The molecule has 21 heavy (non-hydrogen) atoms. The van der Waals surface area contributed by atoms with Crippen LogP contribution in [0.15, 0.2) is 18.2 Å². The molecule has 4 nitrogen and oxygen atoms in total. The average Bonchev–Trinajstić information content (AvgIpc) is 2.46. The molecule has 1 saturated heterocycles. The topological polar surface area (TPSA) is 49.8 Å². The standard InChI is InChI=1S/C16H22ClNO3/c1-21-15-7-5-12(10-14(15)17)11-18-9-3-2-4-13(18)6-8-16(19)20/h5,7,10,13H,2-4,6,8-9,11H2,1H3,(H,19,20). The van der Waals surface area contributed by atoms with Gasteiger partial charge >= 0.3 is 5.97 Å². The van der Waals surface area contributed by atoms with Gasteiger partial charge in [0.15, 0.2) is 0 Å². The molecule has 0 aliphatic carbocycles. The van der Waals surface area contributed by atoms with E-state index in [1.807, 2.05) is 18.2 Å². The largest absolute Gasteiger partial charge is 0.495 e. The van der Waals surface area contributed by atoms with Crippen molar-refractivity contribution >= 4 is 17.6 Å². The second-order valence-corrected chi connectivity index (χ2v) is 5.93. The molecule has 1 atom stereocenters. The highest BCUT2D eigenvalue weighted by molar-refractivity contribution is 6.32. The number of nitrogens with zero attached hydrogens (tertiary/aromatic N) is 1. The first-order chi connectivity index (χ1) is 10.1. The number of carboxylic acid groups (broad SMARTS) is 1. The summed E-state index contributed by atoms with van der Waals surface area (Å²) in [5.74, 6) is -0.0329. The van der Waals surface area contributed by atoms with E-state index in [0.717, 1.165) is 31.5 Å². The van der Waals surface area contributed by atoms with Crippen molar-refractivity contribution in [2.75, 3.05) is 13.7 Å². The second-order valence-electron chi connectivity index (χ2n) is 5.52. The predicted octanol–water partition coefficient (Wildman–Crippen LogP) is 3.57. The number of piperidine rings is 1. The summed E-state index contributed by atoms with van der Waals surface area (Å²) in [4.78, 5) is 13.2. The highest BCUT2D eigenvalue weighted by atomic mass is 35.5. The summed E-state index contributed by atoms with van der Waals surface area (Å²) in [6.07, 6.45) is 4.40. The third kappa shape index (κ3) is 4.61. The van der Waals surface area contributed by atoms with Crippen molar-refractivity contribution in [3.8, 4) is 5.75 Å². The molecule has 1 N–H and O–H groups in total. The first-order valence-electron chi connectivity index (χ1n) is 7.38. The maximum atomic E-state index is 10.8. The maximum absolute atomic E-state index is 10.8. The molecule has 1 aromatic carbocycles. The number of carboxylic acids is 1. The summed E-state index contributed by atoms with van der Waals surface area (Å²) in [7, 11) is 1.60. The van der Waals surface area contributed by atoms with E-state index in [4.69, 9.17) is 21.4 Å². The molecular weight excluding hydrogens is 290 g/mol. The molecule has 1 aromatic rings. The normalized spacial score (nSPS) is 19.4. The van der Waals surface area contributed by atoms with E-state index < -0.39 is 5.97 Å². The maximum Gasteiger partial charge on any atom is 0.303 e. The van der Waals surface area contributed by atoms with Gasteiger partial charge in [-0.25, -0.2) is 0 Å². The van der Waals surface area contributed by atoms with E-state index in [1.165, 1.54) is 12.8 Å². The SMILES string of the molecule is COc1ccc(CN2CCCCC2CCC(=O)O)cc1Cl. The highest BCUT2D eigenvalue weighted by Crippen LogP contribution is 2.28. The lowest BCUT2D eigenvalue weighted by atomic mass is 9.97. The van der Waals surface area contributed by atoms with E-state index in [0.29, 0.717) is 16.8 Å². The summed E-state index contributed by atoms with van der Waals surface area (Å²) in [5, 5.41) is 9.48. The van der Waals surface area contributed by atoms with Gasteiger partial charge in [0, 0.05) is 19.0 Å². The van der Waals surface area contributed by atoms with Crippen LogP contribution in [0.3, 0.4) is 0 Å². The summed E-state index contributed by atoms with van der Waals surface area (Å²) in [6, 6.07) is 6.20. The molecule has 0 spiro atoms. The molecule has 0 saturated carbocycles. The zero-order valence-electron chi connectivity index (χ0n) is 12.3. The number of ether oxygens (including phenoxy) is 1. The second kappa shape index (κ2) is 7.66. The van der Waals surface area contributed by atoms with Crippen molar-refractivity contribution in [3.63, 3.8) is 0 Å². The van der Waals surface area contributed by atoms with Gasteiger partial charge in [0.2, 0.25) is 0 Å². The average molecular weight is 312 g/mol. The Labute approximate surface area is 130 Å². The van der Waals surface area contributed by atoms with Crippen LogP contribution in [-0.4, -0.2) is 35.7 Å². The molecule has 1 heterocycles. The van der Waals surface area contributed by atoms with Crippen LogP contribution >= 0.6 is 11.6 Å². The summed E-state index contributed by atoms with van der Waals surface area (Å²) < 4.78 is 5.17. The third-order valence-corrected chi connectivity index (χ3v) is 4.34. The summed E-state index contributed by atoms with van der Waals surface area (Å²) in [6.45, 7) is 1.84. The van der Waals surface area contributed by atoms with Crippen LogP contribution in [0, 0.1) is 0 Å². The van der Waals surface area contributed by atoms with Gasteiger partial charge in [0.05, 0.1) is 12.1 Å². The lowest BCUT2D eigenvalue weighted by Gasteiger charge is -2.35. The molecule has 1 aliphatic heterocycles. The fourth-order valence-corrected chi connectivity index (χ4v) is 3.21. The van der Waals surface area contributed by atoms with Gasteiger partial charge < -0.3 is 9.84 Å². The number of aliphatic carboxylic acids is 1. The van der Waals surface area contributed by atoms with E-state index in [2.05, 4.69) is 4.90 Å². The number of hydrogen-bond donors (Lipinski definition) is 1. The Hall–Kier alpha value is -1.26. The number of halogens is 1. The van der Waals surface area contributed by atoms with Gasteiger partial charge in [0.25, 0.3) is 0 Å². The van der Waals surface area contributed by atoms with E-state index in [1.54, 1.807) is 7.11 Å². The molecule has 1 unspecified atom stereocenters. The molecule has 0 amide bonds. The molecule has 5 heteroatoms. The van der Waals surface area contributed by atoms with Crippen LogP contribution in [0.5, 0.6) is 5.75 Å². The van der Waals surface area contributed by atoms with Gasteiger partial charge in [-0.1, -0.05) is 24.1 Å². The van der Waals surface area contributed by atoms with Crippen LogP contribution < -0.4 is 4.74 Å². The lowest BCUT2D eigenvalue weighted by molar-refractivity contribution is -0.137. The summed E-state index contributed by atoms with van der Waals surface area (Å²) >= 11 is 6.17. The van der Waals surface area contributed by atoms with Crippen molar-refractivity contribution in [2.24, 2.45) is 0 Å². The first kappa shape index (κ1) is 16.1. The van der Waals surface area contributed by atoms with Gasteiger partial charge in [0.1, 0.15) is 5.75 Å². The van der Waals surface area contributed by atoms with Crippen molar-refractivity contribution < 1.29 is 14.6 Å². The quantitative estimate of drug-likeness (QED) is 0.872. The van der Waals surface area contributed by atoms with Crippen molar-refractivity contribution in [3.05, 3.63) is 28.8 Å². The zero-order chi connectivity index (χ0) is 15.2. The van der Waals surface area contributed by atoms with Gasteiger partial charge in [-0.3, -0.25) is 9.69 Å². The van der Waals surface area contributed by atoms with Crippen molar-refractivity contribution in [2.45, 2.75) is 44.7 Å². The molecule has 2 rings (SSSR count).